The number of rotatable bonds is 5. The van der Waals surface area contributed by atoms with E-state index in [4.69, 9.17) is 4.74 Å². The van der Waals surface area contributed by atoms with Gasteiger partial charge in [-0.3, -0.25) is 9.88 Å². The summed E-state index contributed by atoms with van der Waals surface area (Å²) in [5.74, 6) is 2.29. The van der Waals surface area contributed by atoms with Crippen LogP contribution in [0, 0.1) is 11.8 Å². The van der Waals surface area contributed by atoms with Crippen molar-refractivity contribution < 1.29 is 9.84 Å². The number of hydrogen-bond acceptors (Lipinski definition) is 4. The van der Waals surface area contributed by atoms with Gasteiger partial charge in [0.15, 0.2) is 0 Å². The maximum Gasteiger partial charge on any atom is 0.140 e. The molecule has 0 radical (unpaired) electrons. The number of benzene rings is 4. The van der Waals surface area contributed by atoms with E-state index in [9.17, 15) is 5.11 Å². The Morgan fingerprint density at radius 3 is 2.57 bits per heavy atom. The number of ether oxygens (including phenoxy) is 1. The van der Waals surface area contributed by atoms with Gasteiger partial charge in [-0.25, -0.2) is 0 Å². The van der Waals surface area contributed by atoms with E-state index in [1.54, 1.807) is 6.07 Å². The Labute approximate surface area is 216 Å². The number of nitrogens with zero attached hydrogens (tertiary/aromatic N) is 2. The van der Waals surface area contributed by atoms with Crippen molar-refractivity contribution in [2.45, 2.75) is 25.0 Å². The van der Waals surface area contributed by atoms with Crippen LogP contribution in [-0.2, 0) is 0 Å². The van der Waals surface area contributed by atoms with Crippen molar-refractivity contribution in [1.82, 2.24) is 9.88 Å². The average Bonchev–Trinajstić information content (AvgIpc) is 2.96. The van der Waals surface area contributed by atoms with E-state index in [1.165, 1.54) is 22.6 Å². The first kappa shape index (κ1) is 22.3. The van der Waals surface area contributed by atoms with Crippen LogP contribution in [0.2, 0.25) is 0 Å². The molecule has 3 aliphatic heterocycles. The van der Waals surface area contributed by atoms with Crippen molar-refractivity contribution in [1.29, 1.82) is 0 Å². The van der Waals surface area contributed by atoms with Gasteiger partial charge in [-0.05, 0) is 77.7 Å². The van der Waals surface area contributed by atoms with Crippen molar-refractivity contribution >= 4 is 32.4 Å². The van der Waals surface area contributed by atoms with Crippen LogP contribution in [0.1, 0.15) is 24.5 Å². The largest absolute Gasteiger partial charge is 0.508 e. The molecular weight excluding hydrogens is 456 g/mol. The number of hydrogen-bond donors (Lipinski definition) is 1. The lowest BCUT2D eigenvalue weighted by atomic mass is 9.73. The second-order valence-corrected chi connectivity index (χ2v) is 10.5. The predicted molar refractivity (Wildman–Crippen MR) is 150 cm³/mol. The molecule has 4 unspecified atom stereocenters. The standard InChI is InChI=1S/C33H30N2O2/c1-2-21-20-35-16-14-22(21)17-31(35)33(28-13-15-34-30-12-11-24(36)19-29(28)30)37-32-18-23-7-3-4-8-25(23)26-9-5-6-10-27(26)32/h2-13,15,18-19,21-22,31,33,36H,1,14,16-17,20H2/t21?,22?,31?,33-/m0/s1. The molecule has 3 saturated heterocycles. The van der Waals surface area contributed by atoms with Crippen LogP contribution in [-0.4, -0.2) is 34.1 Å². The smallest absolute Gasteiger partial charge is 0.140 e. The summed E-state index contributed by atoms with van der Waals surface area (Å²) in [6.45, 7) is 6.21. The zero-order valence-electron chi connectivity index (χ0n) is 20.8. The van der Waals surface area contributed by atoms with Crippen molar-refractivity contribution in [3.05, 3.63) is 103 Å². The normalized spacial score (nSPS) is 23.9. The third-order valence-corrected chi connectivity index (χ3v) is 8.55. The number of aromatic nitrogens is 1. The van der Waals surface area contributed by atoms with Gasteiger partial charge in [-0.2, -0.15) is 0 Å². The highest BCUT2D eigenvalue weighted by Gasteiger charge is 2.44. The van der Waals surface area contributed by atoms with Gasteiger partial charge >= 0.3 is 0 Å². The number of aromatic hydroxyl groups is 1. The third-order valence-electron chi connectivity index (χ3n) is 8.55. The highest BCUT2D eigenvalue weighted by atomic mass is 16.5. The molecule has 3 aliphatic rings. The molecule has 37 heavy (non-hydrogen) atoms. The fourth-order valence-electron chi connectivity index (χ4n) is 6.70. The van der Waals surface area contributed by atoms with Crippen LogP contribution >= 0.6 is 0 Å². The molecule has 184 valence electrons. The van der Waals surface area contributed by atoms with Gasteiger partial charge in [-0.15, -0.1) is 6.58 Å². The number of phenols is 1. The number of piperidine rings is 3. The molecule has 1 N–H and O–H groups in total. The zero-order valence-corrected chi connectivity index (χ0v) is 20.8. The minimum absolute atomic E-state index is 0.203. The van der Waals surface area contributed by atoms with Crippen LogP contribution in [0.4, 0.5) is 0 Å². The predicted octanol–water partition coefficient (Wildman–Crippen LogP) is 7.26. The third kappa shape index (κ3) is 3.75. The Kier molecular flexibility index (Phi) is 5.37. The maximum atomic E-state index is 10.4. The minimum Gasteiger partial charge on any atom is -0.508 e. The summed E-state index contributed by atoms with van der Waals surface area (Å²) < 4.78 is 7.15. The molecule has 0 amide bonds. The van der Waals surface area contributed by atoms with E-state index >= 15 is 0 Å². The van der Waals surface area contributed by atoms with Crippen molar-refractivity contribution in [2.24, 2.45) is 11.8 Å². The average molecular weight is 487 g/mol. The van der Waals surface area contributed by atoms with Gasteiger partial charge in [0.25, 0.3) is 0 Å². The van der Waals surface area contributed by atoms with E-state index in [0.717, 1.165) is 47.1 Å². The lowest BCUT2D eigenvalue weighted by Crippen LogP contribution is -2.55. The Morgan fingerprint density at radius 1 is 0.946 bits per heavy atom. The fourth-order valence-corrected chi connectivity index (χ4v) is 6.70. The molecule has 5 atom stereocenters. The minimum atomic E-state index is -0.203. The Balaban J connectivity index is 1.41. The fraction of sp³-hybridized carbons (Fsp3) is 0.242. The summed E-state index contributed by atoms with van der Waals surface area (Å²) in [5.41, 5.74) is 1.94. The van der Waals surface area contributed by atoms with Gasteiger partial charge in [0, 0.05) is 29.1 Å². The van der Waals surface area contributed by atoms with Crippen LogP contribution in [0.25, 0.3) is 32.4 Å². The Hall–Kier alpha value is -3.89. The summed E-state index contributed by atoms with van der Waals surface area (Å²) in [4.78, 5) is 7.18. The van der Waals surface area contributed by atoms with E-state index in [-0.39, 0.29) is 17.9 Å². The summed E-state index contributed by atoms with van der Waals surface area (Å²) >= 11 is 0. The molecule has 4 heterocycles. The molecule has 8 rings (SSSR count). The Bertz CT molecular complexity index is 1640. The first-order chi connectivity index (χ1) is 18.2. The summed E-state index contributed by atoms with van der Waals surface area (Å²) in [6, 6.07) is 26.9. The van der Waals surface area contributed by atoms with Gasteiger partial charge in [0.1, 0.15) is 17.6 Å². The van der Waals surface area contributed by atoms with Crippen LogP contribution in [0.3, 0.4) is 0 Å². The summed E-state index contributed by atoms with van der Waals surface area (Å²) in [7, 11) is 0. The van der Waals surface area contributed by atoms with Crippen molar-refractivity contribution in [3.8, 4) is 11.5 Å². The van der Waals surface area contributed by atoms with Crippen LogP contribution in [0.15, 0.2) is 97.7 Å². The summed E-state index contributed by atoms with van der Waals surface area (Å²) in [6.07, 6.45) is 6.07. The topological polar surface area (TPSA) is 45.6 Å². The van der Waals surface area contributed by atoms with E-state index in [0.29, 0.717) is 11.8 Å². The zero-order chi connectivity index (χ0) is 24.9. The van der Waals surface area contributed by atoms with Crippen LogP contribution < -0.4 is 4.74 Å². The first-order valence-electron chi connectivity index (χ1n) is 13.2. The highest BCUT2D eigenvalue weighted by Crippen LogP contribution is 2.45. The van der Waals surface area contributed by atoms with Crippen molar-refractivity contribution in [2.75, 3.05) is 13.1 Å². The molecule has 1 aromatic heterocycles. The lowest BCUT2D eigenvalue weighted by Gasteiger charge is -2.51. The SMILES string of the molecule is C=CC1CN2CCC1CC2[C@@H](Oc1cc2ccccc2c2ccccc12)c1ccnc2ccc(O)cc12. The monoisotopic (exact) mass is 486 g/mol. The number of phenolic OH excluding ortho intramolecular Hbond substituents is 1. The molecule has 4 nitrogen and oxygen atoms in total. The second-order valence-electron chi connectivity index (χ2n) is 10.5. The van der Waals surface area contributed by atoms with Gasteiger partial charge in [0.2, 0.25) is 0 Å². The highest BCUT2D eigenvalue weighted by molar-refractivity contribution is 6.10. The quantitative estimate of drug-likeness (QED) is 0.210. The van der Waals surface area contributed by atoms with Gasteiger partial charge in [-0.1, -0.05) is 54.6 Å². The molecule has 2 bridgehead atoms. The molecule has 0 spiro atoms. The van der Waals surface area contributed by atoms with Gasteiger partial charge in [0.05, 0.1) is 11.6 Å². The maximum absolute atomic E-state index is 10.4. The lowest BCUT2D eigenvalue weighted by molar-refractivity contribution is -0.0352. The summed E-state index contributed by atoms with van der Waals surface area (Å²) in [5, 5.41) is 16.0. The van der Waals surface area contributed by atoms with Crippen LogP contribution in [0.5, 0.6) is 11.5 Å². The second kappa shape index (κ2) is 8.89. The van der Waals surface area contributed by atoms with E-state index < -0.39 is 0 Å². The first-order valence-corrected chi connectivity index (χ1v) is 13.2. The number of fused-ring (bicyclic) bond motifs is 7. The Morgan fingerprint density at radius 2 is 1.76 bits per heavy atom. The molecule has 0 aliphatic carbocycles. The molecule has 4 aromatic carbocycles. The number of pyridine rings is 1. The van der Waals surface area contributed by atoms with E-state index in [1.807, 2.05) is 18.3 Å². The molecule has 5 aromatic rings. The van der Waals surface area contributed by atoms with Crippen molar-refractivity contribution in [3.63, 3.8) is 0 Å². The molecule has 0 saturated carbocycles. The molecule has 3 fully saturated rings. The molecular formula is C33H30N2O2. The van der Waals surface area contributed by atoms with Gasteiger partial charge < -0.3 is 9.84 Å². The molecule has 4 heteroatoms. The van der Waals surface area contributed by atoms with E-state index in [2.05, 4.69) is 83.2 Å².